The van der Waals surface area contributed by atoms with Gasteiger partial charge in [-0.25, -0.2) is 0 Å². The quantitative estimate of drug-likeness (QED) is 0.286. The van der Waals surface area contributed by atoms with Crippen LogP contribution >= 0.6 is 7.92 Å². The van der Waals surface area contributed by atoms with Crippen molar-refractivity contribution < 1.29 is 4.79 Å². The van der Waals surface area contributed by atoms with Crippen molar-refractivity contribution in [2.45, 2.75) is 64.1 Å². The van der Waals surface area contributed by atoms with Crippen LogP contribution in [0.2, 0.25) is 0 Å². The van der Waals surface area contributed by atoms with Crippen LogP contribution in [0.25, 0.3) is 0 Å². The minimum atomic E-state index is -0.765. The van der Waals surface area contributed by atoms with Gasteiger partial charge in [0, 0.05) is 25.0 Å². The highest BCUT2D eigenvalue weighted by Crippen LogP contribution is 2.48. The van der Waals surface area contributed by atoms with Crippen molar-refractivity contribution in [3.63, 3.8) is 0 Å². The van der Waals surface area contributed by atoms with Gasteiger partial charge in [0.2, 0.25) is 5.91 Å². The molecule has 0 bridgehead atoms. The molecule has 196 valence electrons. The van der Waals surface area contributed by atoms with Gasteiger partial charge in [-0.3, -0.25) is 14.4 Å². The van der Waals surface area contributed by atoms with Crippen molar-refractivity contribution >= 4 is 35.8 Å². The van der Waals surface area contributed by atoms with E-state index >= 15 is 0 Å². The summed E-state index contributed by atoms with van der Waals surface area (Å²) in [5, 5.41) is 13.6. The second-order valence-corrected chi connectivity index (χ2v) is 12.3. The molecule has 1 saturated carbocycles. The number of rotatable bonds is 9. The third-order valence-corrected chi connectivity index (χ3v) is 10.0. The summed E-state index contributed by atoms with van der Waals surface area (Å²) < 4.78 is 0. The molecule has 0 saturated heterocycles. The first-order chi connectivity index (χ1) is 18.4. The van der Waals surface area contributed by atoms with Crippen LogP contribution < -0.4 is 37.4 Å². The summed E-state index contributed by atoms with van der Waals surface area (Å²) in [7, 11) is -0.765. The Morgan fingerprint density at radius 3 is 2.05 bits per heavy atom. The van der Waals surface area contributed by atoms with Crippen LogP contribution in [-0.2, 0) is 4.79 Å². The molecule has 3 aromatic carbocycles. The summed E-state index contributed by atoms with van der Waals surface area (Å²) in [4.78, 5) is 37.0. The van der Waals surface area contributed by atoms with Crippen molar-refractivity contribution in [1.29, 1.82) is 0 Å². The summed E-state index contributed by atoms with van der Waals surface area (Å²) in [6.45, 7) is 3.57. The van der Waals surface area contributed by atoms with Crippen molar-refractivity contribution in [3.05, 3.63) is 104 Å². The van der Waals surface area contributed by atoms with E-state index in [0.29, 0.717) is 11.4 Å². The zero-order valence-electron chi connectivity index (χ0n) is 21.9. The van der Waals surface area contributed by atoms with E-state index in [4.69, 9.17) is 0 Å². The summed E-state index contributed by atoms with van der Waals surface area (Å²) >= 11 is 0. The number of benzene rings is 2. The van der Waals surface area contributed by atoms with E-state index in [9.17, 15) is 14.4 Å². The highest BCUT2D eigenvalue weighted by atomic mass is 31.1. The van der Waals surface area contributed by atoms with Gasteiger partial charge in [-0.2, -0.15) is 0 Å². The molecule has 38 heavy (non-hydrogen) atoms. The molecule has 3 N–H and O–H groups in total. The van der Waals surface area contributed by atoms with Gasteiger partial charge in [-0.1, -0.05) is 85.7 Å². The van der Waals surface area contributed by atoms with Gasteiger partial charge in [-0.15, -0.1) is 0 Å². The monoisotopic (exact) mass is 527 g/mol. The number of hydrogen-bond donors (Lipinski definition) is 3. The van der Waals surface area contributed by atoms with Crippen LogP contribution in [0.5, 0.6) is 0 Å². The Kier molecular flexibility index (Phi) is 7.90. The lowest BCUT2D eigenvalue weighted by Gasteiger charge is -2.34. The first kappa shape index (κ1) is 26.1. The second-order valence-electron chi connectivity index (χ2n) is 10.1. The molecular formula is C31H34N3O3P. The number of hydrogen-bond acceptors (Lipinski definition) is 5. The fraction of sp³-hybridized carbons (Fsp3) is 0.323. The van der Waals surface area contributed by atoms with Crippen molar-refractivity contribution in [2.24, 2.45) is 0 Å². The third kappa shape index (κ3) is 5.37. The first-order valence-electron chi connectivity index (χ1n) is 13.4. The number of amides is 1. The number of carbonyl (C=O) groups excluding carboxylic acids is 1. The highest BCUT2D eigenvalue weighted by Gasteiger charge is 2.32. The lowest BCUT2D eigenvalue weighted by atomic mass is 9.89. The van der Waals surface area contributed by atoms with Gasteiger partial charge >= 0.3 is 0 Å². The number of allylic oxidation sites excluding steroid dienone is 3. The average Bonchev–Trinajstić information content (AvgIpc) is 3.42. The van der Waals surface area contributed by atoms with Crippen LogP contribution in [0.3, 0.4) is 0 Å². The van der Waals surface area contributed by atoms with E-state index < -0.39 is 18.8 Å². The second kappa shape index (κ2) is 11.5. The minimum absolute atomic E-state index is 0.0513. The molecule has 0 unspecified atom stereocenters. The summed E-state index contributed by atoms with van der Waals surface area (Å²) in [5.74, 6) is -0.0813. The Labute approximate surface area is 224 Å². The van der Waals surface area contributed by atoms with E-state index in [1.54, 1.807) is 0 Å². The molecule has 3 aromatic rings. The zero-order chi connectivity index (χ0) is 26.6. The number of anilines is 2. The lowest BCUT2D eigenvalue weighted by Crippen LogP contribution is -2.50. The molecule has 5 rings (SSSR count). The van der Waals surface area contributed by atoms with Gasteiger partial charge in [0.25, 0.3) is 10.9 Å². The topological polar surface area (TPSA) is 87.3 Å². The average molecular weight is 528 g/mol. The molecule has 0 aromatic heterocycles. The maximum absolute atomic E-state index is 12.7. The molecule has 0 radical (unpaired) electrons. The molecule has 6 nitrogen and oxygen atoms in total. The maximum atomic E-state index is 12.7. The van der Waals surface area contributed by atoms with Crippen molar-refractivity contribution in [3.8, 4) is 0 Å². The molecular weight excluding hydrogens is 493 g/mol. The molecule has 0 aliphatic heterocycles. The van der Waals surface area contributed by atoms with Gasteiger partial charge in [0.15, 0.2) is 0 Å². The molecule has 1 fully saturated rings. The smallest absolute Gasteiger partial charge is 0.253 e. The molecule has 7 heteroatoms. The van der Waals surface area contributed by atoms with E-state index in [1.807, 2.05) is 12.1 Å². The molecule has 0 spiro atoms. The predicted octanol–water partition coefficient (Wildman–Crippen LogP) is 4.29. The normalized spacial score (nSPS) is 20.1. The first-order valence-corrected chi connectivity index (χ1v) is 14.7. The fourth-order valence-electron chi connectivity index (χ4n) is 5.60. The third-order valence-electron chi connectivity index (χ3n) is 7.49. The van der Waals surface area contributed by atoms with E-state index in [2.05, 4.69) is 83.6 Å². The largest absolute Gasteiger partial charge is 0.375 e. The zero-order valence-corrected chi connectivity index (χ0v) is 22.8. The predicted molar refractivity (Wildman–Crippen MR) is 158 cm³/mol. The minimum Gasteiger partial charge on any atom is -0.375 e. The lowest BCUT2D eigenvalue weighted by molar-refractivity contribution is -0.119. The van der Waals surface area contributed by atoms with Crippen molar-refractivity contribution in [2.75, 3.05) is 10.6 Å². The Balaban J connectivity index is 1.42. The molecule has 1 amide bonds. The Bertz CT molecular complexity index is 1380. The Morgan fingerprint density at radius 1 is 0.868 bits per heavy atom. The van der Waals surface area contributed by atoms with Crippen LogP contribution in [-0.4, -0.2) is 24.0 Å². The van der Waals surface area contributed by atoms with Gasteiger partial charge in [-0.05, 0) is 55.6 Å². The summed E-state index contributed by atoms with van der Waals surface area (Å²) in [6.07, 6.45) is 8.96. The summed E-state index contributed by atoms with van der Waals surface area (Å²) in [5.41, 5.74) is 0.980. The summed E-state index contributed by atoms with van der Waals surface area (Å²) in [6, 6.07) is 20.9. The number of nitrogens with one attached hydrogen (secondary N) is 3. The molecule has 0 heterocycles. The van der Waals surface area contributed by atoms with E-state index in [-0.39, 0.29) is 24.0 Å². The van der Waals surface area contributed by atoms with E-state index in [0.717, 1.165) is 32.1 Å². The highest BCUT2D eigenvalue weighted by molar-refractivity contribution is 7.77. The Hall–Kier alpha value is -3.50. The van der Waals surface area contributed by atoms with Crippen LogP contribution in [0.4, 0.5) is 11.4 Å². The van der Waals surface area contributed by atoms with Gasteiger partial charge in [0.05, 0.1) is 0 Å². The SMILES string of the molecule is CC(=O)N[C@H]1CCCC[C@@H]1Nc1c(N[C@H](C)C2=C(P(c3ccccc3)c3ccccc3)C=CC2)c(=O)c1=O. The van der Waals surface area contributed by atoms with Crippen LogP contribution in [0.1, 0.15) is 46.0 Å². The Morgan fingerprint density at radius 2 is 1.45 bits per heavy atom. The molecule has 2 aliphatic rings. The number of carbonyl (C=O) groups is 1. The molecule has 3 atom stereocenters. The van der Waals surface area contributed by atoms with E-state index in [1.165, 1.54) is 28.4 Å². The molecule has 2 aliphatic carbocycles. The van der Waals surface area contributed by atoms with Gasteiger partial charge < -0.3 is 16.0 Å². The van der Waals surface area contributed by atoms with Crippen LogP contribution in [0, 0.1) is 0 Å². The maximum Gasteiger partial charge on any atom is 0.253 e. The van der Waals surface area contributed by atoms with Crippen LogP contribution in [0.15, 0.2) is 93.3 Å². The fourth-order valence-corrected chi connectivity index (χ4v) is 8.22. The van der Waals surface area contributed by atoms with Crippen molar-refractivity contribution in [1.82, 2.24) is 5.32 Å². The standard InChI is InChI=1S/C31H34N3O3P/c1-20(32-28-29(31(37)30(28)36)34-26-18-10-9-17-25(26)33-21(2)35)24-16-11-19-27(24)38(22-12-5-3-6-13-22)23-14-7-4-8-15-23/h3-8,11-15,19-20,25-26,32,34H,9-10,16-18H2,1-2H3,(H,33,35)/t20-,25+,26+/m1/s1. The van der Waals surface area contributed by atoms with Gasteiger partial charge in [0.1, 0.15) is 11.4 Å².